The van der Waals surface area contributed by atoms with Crippen molar-refractivity contribution in [1.29, 1.82) is 0 Å². The van der Waals surface area contributed by atoms with Crippen LogP contribution in [0.25, 0.3) is 0 Å². The number of rotatable bonds is 5. The Morgan fingerprint density at radius 2 is 2.04 bits per heavy atom. The monoisotopic (exact) mass is 356 g/mol. The molecule has 0 spiro atoms. The molecule has 0 radical (unpaired) electrons. The van der Waals surface area contributed by atoms with Crippen molar-refractivity contribution in [2.75, 3.05) is 23.0 Å². The summed E-state index contributed by atoms with van der Waals surface area (Å²) >= 11 is 6.10. The fourth-order valence-electron chi connectivity index (χ4n) is 1.83. The molecule has 6 nitrogen and oxygen atoms in total. The number of hydrogen-bond acceptors (Lipinski definition) is 4. The van der Waals surface area contributed by atoms with E-state index in [4.69, 9.17) is 22.1 Å². The average Bonchev–Trinajstić information content (AvgIpc) is 2.49. The number of benzene rings is 1. The second-order valence-corrected chi connectivity index (χ2v) is 4.90. The second-order valence-electron chi connectivity index (χ2n) is 4.49. The number of ether oxygens (including phenoxy) is 1. The number of H-pyrrole nitrogens is 1. The van der Waals surface area contributed by atoms with Gasteiger partial charge in [-0.3, -0.25) is 5.32 Å². The SMILES string of the molecule is CCOC(=O)Nc1ccc(NCc2ccccc2Cl)[nH+]c1N.[Cl-]. The number of nitrogen functional groups attached to an aromatic ring is 1. The molecule has 124 valence electrons. The summed E-state index contributed by atoms with van der Waals surface area (Å²) in [6, 6.07) is 11.0. The Morgan fingerprint density at radius 3 is 2.70 bits per heavy atom. The number of anilines is 3. The molecule has 0 unspecified atom stereocenters. The maximum atomic E-state index is 11.4. The predicted molar refractivity (Wildman–Crippen MR) is 86.8 cm³/mol. The summed E-state index contributed by atoms with van der Waals surface area (Å²) < 4.78 is 4.80. The van der Waals surface area contributed by atoms with Gasteiger partial charge in [-0.2, -0.15) is 0 Å². The molecule has 1 heterocycles. The van der Waals surface area contributed by atoms with Crippen LogP contribution in [0.2, 0.25) is 5.02 Å². The van der Waals surface area contributed by atoms with Gasteiger partial charge in [0.25, 0.3) is 0 Å². The van der Waals surface area contributed by atoms with Gasteiger partial charge in [0.05, 0.1) is 13.2 Å². The molecule has 0 aliphatic rings. The van der Waals surface area contributed by atoms with Crippen LogP contribution in [-0.2, 0) is 11.3 Å². The molecule has 23 heavy (non-hydrogen) atoms. The molecule has 2 aromatic rings. The van der Waals surface area contributed by atoms with Crippen molar-refractivity contribution < 1.29 is 26.9 Å². The van der Waals surface area contributed by atoms with E-state index in [2.05, 4.69) is 15.6 Å². The van der Waals surface area contributed by atoms with Crippen molar-refractivity contribution in [2.45, 2.75) is 13.5 Å². The van der Waals surface area contributed by atoms with Crippen molar-refractivity contribution in [3.05, 3.63) is 47.0 Å². The lowest BCUT2D eigenvalue weighted by Gasteiger charge is -2.08. The Balaban J connectivity index is 0.00000264. The lowest BCUT2D eigenvalue weighted by Crippen LogP contribution is -3.00. The van der Waals surface area contributed by atoms with E-state index in [9.17, 15) is 4.79 Å². The largest absolute Gasteiger partial charge is 1.00 e. The molecular weight excluding hydrogens is 339 g/mol. The maximum Gasteiger partial charge on any atom is 0.411 e. The van der Waals surface area contributed by atoms with Gasteiger partial charge in [0.2, 0.25) is 11.6 Å². The van der Waals surface area contributed by atoms with E-state index in [1.165, 1.54) is 0 Å². The highest BCUT2D eigenvalue weighted by atomic mass is 35.5. The lowest BCUT2D eigenvalue weighted by molar-refractivity contribution is -0.342. The number of carbonyl (C=O) groups excluding carboxylic acids is 1. The van der Waals surface area contributed by atoms with Crippen LogP contribution < -0.4 is 33.8 Å². The fraction of sp³-hybridized carbons (Fsp3) is 0.200. The van der Waals surface area contributed by atoms with E-state index in [1.807, 2.05) is 24.3 Å². The summed E-state index contributed by atoms with van der Waals surface area (Å²) in [7, 11) is 0. The van der Waals surface area contributed by atoms with Crippen LogP contribution >= 0.6 is 11.6 Å². The van der Waals surface area contributed by atoms with Crippen molar-refractivity contribution in [1.82, 2.24) is 0 Å². The fourth-order valence-corrected chi connectivity index (χ4v) is 2.03. The van der Waals surface area contributed by atoms with Gasteiger partial charge in [0, 0.05) is 16.7 Å². The molecule has 2 rings (SSSR count). The molecule has 0 atom stereocenters. The number of aromatic nitrogens is 1. The van der Waals surface area contributed by atoms with Gasteiger partial charge in [0.1, 0.15) is 5.69 Å². The molecule has 0 aliphatic carbocycles. The highest BCUT2D eigenvalue weighted by Gasteiger charge is 2.10. The van der Waals surface area contributed by atoms with E-state index in [0.717, 1.165) is 5.56 Å². The normalized spacial score (nSPS) is 9.65. The van der Waals surface area contributed by atoms with Crippen molar-refractivity contribution >= 4 is 35.0 Å². The molecule has 0 bridgehead atoms. The standard InChI is InChI=1S/C15H17ClN4O2.ClH/c1-2-22-15(21)19-12-7-8-13(20-14(12)17)18-9-10-5-3-4-6-11(10)16;/h3-8H,2,9H2,1H3,(H,19,21)(H3,17,18,20);1H. The zero-order valence-electron chi connectivity index (χ0n) is 12.5. The van der Waals surface area contributed by atoms with Crippen molar-refractivity contribution in [3.8, 4) is 0 Å². The molecule has 8 heteroatoms. The van der Waals surface area contributed by atoms with Gasteiger partial charge >= 0.3 is 6.09 Å². The Hall–Kier alpha value is -2.18. The van der Waals surface area contributed by atoms with Crippen LogP contribution in [0, 0.1) is 0 Å². The first-order valence-corrected chi connectivity index (χ1v) is 7.20. The summed E-state index contributed by atoms with van der Waals surface area (Å²) in [6.45, 7) is 2.59. The van der Waals surface area contributed by atoms with Gasteiger partial charge in [-0.1, -0.05) is 29.8 Å². The van der Waals surface area contributed by atoms with E-state index < -0.39 is 6.09 Å². The minimum absolute atomic E-state index is 0. The predicted octanol–water partition coefficient (Wildman–Crippen LogP) is -0.0792. The molecule has 1 amide bonds. The number of nitrogens with one attached hydrogen (secondary N) is 3. The highest BCUT2D eigenvalue weighted by molar-refractivity contribution is 6.31. The topological polar surface area (TPSA) is 90.5 Å². The number of carbonyl (C=O) groups is 1. The second kappa shape index (κ2) is 9.07. The minimum Gasteiger partial charge on any atom is -1.00 e. The first kappa shape index (κ1) is 18.9. The third kappa shape index (κ3) is 5.50. The van der Waals surface area contributed by atoms with Gasteiger partial charge in [-0.25, -0.2) is 9.78 Å². The highest BCUT2D eigenvalue weighted by Crippen LogP contribution is 2.18. The summed E-state index contributed by atoms with van der Waals surface area (Å²) in [5.74, 6) is 1.05. The van der Waals surface area contributed by atoms with E-state index >= 15 is 0 Å². The van der Waals surface area contributed by atoms with Crippen LogP contribution in [0.4, 0.5) is 22.1 Å². The summed E-state index contributed by atoms with van der Waals surface area (Å²) in [5.41, 5.74) is 7.31. The average molecular weight is 357 g/mol. The van der Waals surface area contributed by atoms with E-state index in [1.54, 1.807) is 19.1 Å². The van der Waals surface area contributed by atoms with Crippen LogP contribution in [0.1, 0.15) is 12.5 Å². The number of halogens is 2. The number of pyridine rings is 1. The molecular formula is C15H18Cl2N4O2. The molecule has 1 aromatic carbocycles. The van der Waals surface area contributed by atoms with Crippen molar-refractivity contribution in [3.63, 3.8) is 0 Å². The van der Waals surface area contributed by atoms with Gasteiger partial charge in [0.15, 0.2) is 0 Å². The molecule has 0 saturated carbocycles. The minimum atomic E-state index is -0.542. The first-order valence-electron chi connectivity index (χ1n) is 6.83. The van der Waals surface area contributed by atoms with E-state index in [0.29, 0.717) is 35.5 Å². The zero-order chi connectivity index (χ0) is 15.9. The maximum absolute atomic E-state index is 11.4. The van der Waals surface area contributed by atoms with Crippen LogP contribution in [0.3, 0.4) is 0 Å². The summed E-state index contributed by atoms with van der Waals surface area (Å²) in [4.78, 5) is 14.3. The number of aromatic amines is 1. The molecule has 0 fully saturated rings. The number of amides is 1. The third-order valence-electron chi connectivity index (χ3n) is 2.92. The summed E-state index contributed by atoms with van der Waals surface area (Å²) in [6.07, 6.45) is -0.542. The smallest absolute Gasteiger partial charge is 0.411 e. The van der Waals surface area contributed by atoms with E-state index in [-0.39, 0.29) is 12.4 Å². The van der Waals surface area contributed by atoms with Gasteiger partial charge in [-0.15, -0.1) is 0 Å². The Labute approximate surface area is 145 Å². The number of nitrogens with two attached hydrogens (primary N) is 1. The zero-order valence-corrected chi connectivity index (χ0v) is 14.0. The van der Waals surface area contributed by atoms with Gasteiger partial charge in [-0.05, 0) is 19.1 Å². The molecule has 5 N–H and O–H groups in total. The Kier molecular flexibility index (Phi) is 7.44. The Bertz CT molecular complexity index is 668. The Morgan fingerprint density at radius 1 is 1.30 bits per heavy atom. The van der Waals surface area contributed by atoms with Crippen molar-refractivity contribution in [2.24, 2.45) is 0 Å². The van der Waals surface area contributed by atoms with Crippen LogP contribution in [0.15, 0.2) is 36.4 Å². The quantitative estimate of drug-likeness (QED) is 0.698. The van der Waals surface area contributed by atoms with Crippen LogP contribution in [-0.4, -0.2) is 12.7 Å². The third-order valence-corrected chi connectivity index (χ3v) is 3.28. The molecule has 0 aliphatic heterocycles. The van der Waals surface area contributed by atoms with Gasteiger partial charge < -0.3 is 28.2 Å². The first-order chi connectivity index (χ1) is 10.6. The molecule has 0 saturated heterocycles. The summed E-state index contributed by atoms with van der Waals surface area (Å²) in [5, 5.41) is 6.44. The molecule has 1 aromatic heterocycles. The number of hydrogen-bond donors (Lipinski definition) is 3. The lowest BCUT2D eigenvalue weighted by atomic mass is 10.2. The van der Waals surface area contributed by atoms with Crippen LogP contribution in [0.5, 0.6) is 0 Å².